The summed E-state index contributed by atoms with van der Waals surface area (Å²) in [6, 6.07) is 10.6. The number of amides is 1. The molecule has 9 nitrogen and oxygen atoms in total. The number of aryl methyl sites for hydroxylation is 1. The lowest BCUT2D eigenvalue weighted by Gasteiger charge is -2.24. The van der Waals surface area contributed by atoms with Gasteiger partial charge in [-0.1, -0.05) is 24.3 Å². The Balaban J connectivity index is 1.93. The van der Waals surface area contributed by atoms with E-state index in [-0.39, 0.29) is 22.2 Å². The minimum Gasteiger partial charge on any atom is -0.507 e. The van der Waals surface area contributed by atoms with Gasteiger partial charge in [-0.25, -0.2) is 4.98 Å². The van der Waals surface area contributed by atoms with Crippen molar-refractivity contribution in [1.82, 2.24) is 4.98 Å². The van der Waals surface area contributed by atoms with Gasteiger partial charge in [0.2, 0.25) is 0 Å². The van der Waals surface area contributed by atoms with Crippen LogP contribution in [0.2, 0.25) is 0 Å². The van der Waals surface area contributed by atoms with Crippen molar-refractivity contribution in [2.45, 2.75) is 40.2 Å². The molecule has 0 bridgehead atoms. The van der Waals surface area contributed by atoms with Crippen LogP contribution in [0.5, 0.6) is 17.2 Å². The number of aliphatic hydroxyl groups is 1. The van der Waals surface area contributed by atoms with Crippen molar-refractivity contribution in [3.63, 3.8) is 0 Å². The third kappa shape index (κ3) is 5.37. The molecule has 1 fully saturated rings. The van der Waals surface area contributed by atoms with Crippen LogP contribution in [0, 0.1) is 6.92 Å². The van der Waals surface area contributed by atoms with Gasteiger partial charge in [0.25, 0.3) is 5.78 Å². The number of hydrogen-bond acceptors (Lipinski definition) is 9. The molecule has 39 heavy (non-hydrogen) atoms. The van der Waals surface area contributed by atoms with Gasteiger partial charge in [0.15, 0.2) is 22.4 Å². The Kier molecular flexibility index (Phi) is 8.35. The zero-order valence-electron chi connectivity index (χ0n) is 22.4. The van der Waals surface area contributed by atoms with Crippen LogP contribution in [-0.2, 0) is 9.59 Å². The fraction of sp³-hybridized carbons (Fsp3) is 0.310. The zero-order chi connectivity index (χ0) is 28.3. The normalized spacial score (nSPS) is 16.4. The summed E-state index contributed by atoms with van der Waals surface area (Å²) in [5.41, 5.74) is 1.20. The molecule has 1 N–H and O–H groups in total. The van der Waals surface area contributed by atoms with Gasteiger partial charge in [0, 0.05) is 12.5 Å². The maximum atomic E-state index is 13.5. The summed E-state index contributed by atoms with van der Waals surface area (Å²) in [5, 5.41) is 11.6. The number of aromatic nitrogens is 1. The molecule has 0 saturated carbocycles. The van der Waals surface area contributed by atoms with E-state index in [2.05, 4.69) is 4.98 Å². The van der Waals surface area contributed by atoms with E-state index in [1.165, 1.54) is 18.9 Å². The predicted molar refractivity (Wildman–Crippen MR) is 148 cm³/mol. The average Bonchev–Trinajstić information content (AvgIpc) is 3.44. The molecule has 0 radical (unpaired) electrons. The molecule has 1 unspecified atom stereocenters. The molecule has 2 heterocycles. The standard InChI is InChI=1S/C29H30N2O7S/c1-6-14-38-21-13-10-19(15-22(21)37-7-2)24-23(25(33)18-8-11-20(36-5)12-9-18)26(34)28(35)31(24)29-30-16(3)27(39-29)17(4)32/h8-13,15,24,33H,6-7,14H2,1-5H3/b25-23+. The zero-order valence-corrected chi connectivity index (χ0v) is 23.3. The fourth-order valence-corrected chi connectivity index (χ4v) is 5.34. The molecule has 2 aromatic carbocycles. The van der Waals surface area contributed by atoms with Crippen molar-refractivity contribution in [1.29, 1.82) is 0 Å². The van der Waals surface area contributed by atoms with Gasteiger partial charge >= 0.3 is 5.91 Å². The number of ether oxygens (including phenoxy) is 3. The van der Waals surface area contributed by atoms with Crippen molar-refractivity contribution in [2.24, 2.45) is 0 Å². The summed E-state index contributed by atoms with van der Waals surface area (Å²) in [5.74, 6) is -0.719. The van der Waals surface area contributed by atoms with Crippen LogP contribution < -0.4 is 19.1 Å². The Morgan fingerprint density at radius 1 is 1.08 bits per heavy atom. The van der Waals surface area contributed by atoms with Crippen molar-refractivity contribution in [3.05, 3.63) is 69.7 Å². The number of carbonyl (C=O) groups excluding carboxylic acids is 3. The van der Waals surface area contributed by atoms with Gasteiger partial charge in [0.1, 0.15) is 11.5 Å². The SMILES string of the molecule is CCCOc1ccc(C2/C(=C(\O)c3ccc(OC)cc3)C(=O)C(=O)N2c2nc(C)c(C(C)=O)s2)cc1OCC. The van der Waals surface area contributed by atoms with E-state index in [4.69, 9.17) is 14.2 Å². The molecule has 1 aromatic heterocycles. The Labute approximate surface area is 230 Å². The van der Waals surface area contributed by atoms with Crippen molar-refractivity contribution in [3.8, 4) is 17.2 Å². The van der Waals surface area contributed by atoms with Crippen LogP contribution in [0.25, 0.3) is 5.76 Å². The van der Waals surface area contributed by atoms with Gasteiger partial charge in [-0.2, -0.15) is 0 Å². The predicted octanol–water partition coefficient (Wildman–Crippen LogP) is 5.48. The summed E-state index contributed by atoms with van der Waals surface area (Å²) >= 11 is 1.03. The van der Waals surface area contributed by atoms with Crippen LogP contribution in [0.15, 0.2) is 48.0 Å². The molecule has 1 amide bonds. The quantitative estimate of drug-likeness (QED) is 0.153. The number of carbonyl (C=O) groups is 3. The summed E-state index contributed by atoms with van der Waals surface area (Å²) in [4.78, 5) is 45.2. The topological polar surface area (TPSA) is 115 Å². The van der Waals surface area contributed by atoms with Gasteiger partial charge in [-0.3, -0.25) is 19.3 Å². The first-order valence-corrected chi connectivity index (χ1v) is 13.4. The number of rotatable bonds is 10. The number of aliphatic hydroxyl groups excluding tert-OH is 1. The van der Waals surface area contributed by atoms with Crippen molar-refractivity contribution in [2.75, 3.05) is 25.2 Å². The monoisotopic (exact) mass is 550 g/mol. The summed E-state index contributed by atoms with van der Waals surface area (Å²) in [6.45, 7) is 7.78. The first kappa shape index (κ1) is 27.8. The Morgan fingerprint density at radius 3 is 2.38 bits per heavy atom. The van der Waals surface area contributed by atoms with Gasteiger partial charge in [0.05, 0.1) is 42.5 Å². The van der Waals surface area contributed by atoms with E-state index >= 15 is 0 Å². The van der Waals surface area contributed by atoms with Crippen LogP contribution in [0.4, 0.5) is 5.13 Å². The lowest BCUT2D eigenvalue weighted by molar-refractivity contribution is -0.132. The molecule has 10 heteroatoms. The number of ketones is 2. The van der Waals surface area contributed by atoms with E-state index < -0.39 is 17.7 Å². The molecule has 3 aromatic rings. The van der Waals surface area contributed by atoms with Crippen LogP contribution in [0.3, 0.4) is 0 Å². The number of hydrogen-bond donors (Lipinski definition) is 1. The summed E-state index contributed by atoms with van der Waals surface area (Å²) in [6.07, 6.45) is 0.803. The molecule has 1 atom stereocenters. The fourth-order valence-electron chi connectivity index (χ4n) is 4.36. The number of thiazole rings is 1. The molecule has 4 rings (SSSR count). The van der Waals surface area contributed by atoms with Crippen molar-refractivity contribution < 1.29 is 33.7 Å². The lowest BCUT2D eigenvalue weighted by atomic mass is 9.95. The minimum absolute atomic E-state index is 0.105. The highest BCUT2D eigenvalue weighted by Crippen LogP contribution is 2.45. The highest BCUT2D eigenvalue weighted by atomic mass is 32.1. The second-order valence-corrected chi connectivity index (χ2v) is 9.83. The van der Waals surface area contributed by atoms with Crippen LogP contribution in [0.1, 0.15) is 59.7 Å². The van der Waals surface area contributed by atoms with Gasteiger partial charge in [-0.05, 0) is 62.2 Å². The number of Topliss-reactive ketones (excluding diaryl/α,β-unsaturated/α-hetero) is 2. The van der Waals surface area contributed by atoms with Crippen LogP contribution in [-0.4, -0.2) is 47.9 Å². The van der Waals surface area contributed by atoms with Gasteiger partial charge in [-0.15, -0.1) is 0 Å². The first-order valence-electron chi connectivity index (χ1n) is 12.5. The van der Waals surface area contributed by atoms with E-state index in [0.717, 1.165) is 17.8 Å². The van der Waals surface area contributed by atoms with E-state index in [0.29, 0.717) is 52.2 Å². The Bertz CT molecular complexity index is 1440. The number of methoxy groups -OCH3 is 1. The second-order valence-electron chi connectivity index (χ2n) is 8.85. The largest absolute Gasteiger partial charge is 0.507 e. The molecule has 1 aliphatic heterocycles. The van der Waals surface area contributed by atoms with Gasteiger partial charge < -0.3 is 19.3 Å². The third-order valence-electron chi connectivity index (χ3n) is 6.16. The smallest absolute Gasteiger partial charge is 0.301 e. The van der Waals surface area contributed by atoms with E-state index in [1.54, 1.807) is 49.4 Å². The summed E-state index contributed by atoms with van der Waals surface area (Å²) < 4.78 is 16.9. The van der Waals surface area contributed by atoms with E-state index in [9.17, 15) is 19.5 Å². The maximum absolute atomic E-state index is 13.5. The van der Waals surface area contributed by atoms with E-state index in [1.807, 2.05) is 13.8 Å². The number of nitrogens with zero attached hydrogens (tertiary/aromatic N) is 2. The summed E-state index contributed by atoms with van der Waals surface area (Å²) in [7, 11) is 1.52. The maximum Gasteiger partial charge on any atom is 0.301 e. The Morgan fingerprint density at radius 2 is 1.79 bits per heavy atom. The third-order valence-corrected chi connectivity index (χ3v) is 7.42. The lowest BCUT2D eigenvalue weighted by Crippen LogP contribution is -2.29. The molecule has 204 valence electrons. The second kappa shape index (κ2) is 11.7. The average molecular weight is 551 g/mol. The molecule has 1 aliphatic rings. The minimum atomic E-state index is -1.03. The number of benzene rings is 2. The molecule has 0 spiro atoms. The Hall–Kier alpha value is -4.18. The number of anilines is 1. The molecule has 0 aliphatic carbocycles. The highest BCUT2D eigenvalue weighted by Gasteiger charge is 2.48. The highest BCUT2D eigenvalue weighted by molar-refractivity contribution is 7.18. The van der Waals surface area contributed by atoms with Crippen molar-refractivity contribution >= 4 is 39.7 Å². The molecular formula is C29H30N2O7S. The molecule has 1 saturated heterocycles. The van der Waals surface area contributed by atoms with Crippen LogP contribution >= 0.6 is 11.3 Å². The molecular weight excluding hydrogens is 520 g/mol. The first-order chi connectivity index (χ1) is 18.7.